The Labute approximate surface area is 218 Å². The van der Waals surface area contributed by atoms with E-state index in [2.05, 4.69) is 0 Å². The van der Waals surface area contributed by atoms with Crippen LogP contribution in [-0.4, -0.2) is 22.2 Å². The molecular formula is C24H14F2O4S5. The Bertz CT molecular complexity index is 1440. The number of hydrogen-bond acceptors (Lipinski definition) is 7. The summed E-state index contributed by atoms with van der Waals surface area (Å²) < 4.78 is 27.1. The summed E-state index contributed by atoms with van der Waals surface area (Å²) >= 11 is 6.28. The Morgan fingerprint density at radius 2 is 0.971 bits per heavy atom. The molecule has 0 aliphatic heterocycles. The zero-order valence-corrected chi connectivity index (χ0v) is 21.6. The van der Waals surface area contributed by atoms with E-state index in [1.54, 1.807) is 24.3 Å². The van der Waals surface area contributed by atoms with Gasteiger partial charge in [-0.1, -0.05) is 0 Å². The molecule has 2 N–H and O–H groups in total. The third kappa shape index (κ3) is 5.14. The van der Waals surface area contributed by atoms with E-state index in [0.717, 1.165) is 61.7 Å². The lowest BCUT2D eigenvalue weighted by Crippen LogP contribution is -1.99. The average Bonchev–Trinajstić information content (AvgIpc) is 3.57. The minimum Gasteiger partial charge on any atom is -0.481 e. The Morgan fingerprint density at radius 3 is 1.31 bits per heavy atom. The minimum absolute atomic E-state index is 0.162. The van der Waals surface area contributed by atoms with Crippen molar-refractivity contribution in [1.29, 1.82) is 0 Å². The second-order valence-electron chi connectivity index (χ2n) is 7.44. The fraction of sp³-hybridized carbons (Fsp3) is 0.0833. The zero-order valence-electron chi connectivity index (χ0n) is 17.5. The van der Waals surface area contributed by atoms with Crippen LogP contribution in [-0.2, 0) is 22.4 Å². The summed E-state index contributed by atoms with van der Waals surface area (Å²) in [5.74, 6) is -1.92. The molecule has 11 heteroatoms. The predicted octanol–water partition coefficient (Wildman–Crippen LogP) is 8.19. The lowest BCUT2D eigenvalue weighted by atomic mass is 10.1. The molecule has 0 amide bonds. The summed E-state index contributed by atoms with van der Waals surface area (Å²) in [6.45, 7) is 0. The largest absolute Gasteiger partial charge is 0.481 e. The van der Waals surface area contributed by atoms with Crippen molar-refractivity contribution < 1.29 is 28.6 Å². The molecule has 0 saturated carbocycles. The van der Waals surface area contributed by atoms with E-state index in [-0.39, 0.29) is 23.1 Å². The van der Waals surface area contributed by atoms with Crippen LogP contribution in [0.1, 0.15) is 11.1 Å². The number of halogens is 2. The van der Waals surface area contributed by atoms with Gasteiger partial charge in [-0.05, 0) is 59.7 Å². The summed E-state index contributed by atoms with van der Waals surface area (Å²) in [6, 6.07) is 13.5. The lowest BCUT2D eigenvalue weighted by Gasteiger charge is -1.99. The average molecular weight is 565 g/mol. The highest BCUT2D eigenvalue weighted by molar-refractivity contribution is 7.29. The van der Waals surface area contributed by atoms with E-state index in [4.69, 9.17) is 0 Å². The summed E-state index contributed by atoms with van der Waals surface area (Å²) in [7, 11) is 0. The third-order valence-electron chi connectivity index (χ3n) is 4.99. The fourth-order valence-corrected chi connectivity index (χ4v) is 8.86. The van der Waals surface area contributed by atoms with Crippen molar-refractivity contribution in [2.24, 2.45) is 0 Å². The standard InChI is InChI=1S/C24H14F2O4S5/c25-19-5-3-13(32-19)17-7-11(9-21(27)28)23(34-17)15-1-2-16(31-15)24-12(10-22(29)30)8-18(35-24)14-4-6-20(26)33-14/h1-8H,9-10H2,(H,27,28)(H,29,30). The molecule has 0 saturated heterocycles. The Kier molecular flexibility index (Phi) is 6.69. The van der Waals surface area contributed by atoms with E-state index < -0.39 is 11.9 Å². The maximum Gasteiger partial charge on any atom is 0.307 e. The summed E-state index contributed by atoms with van der Waals surface area (Å²) in [4.78, 5) is 29.3. The van der Waals surface area contributed by atoms with Crippen molar-refractivity contribution in [3.8, 4) is 39.0 Å². The summed E-state index contributed by atoms with van der Waals surface area (Å²) in [6.07, 6.45) is -0.325. The van der Waals surface area contributed by atoms with Gasteiger partial charge in [-0.25, -0.2) is 0 Å². The minimum atomic E-state index is -0.959. The van der Waals surface area contributed by atoms with Crippen LogP contribution in [0.3, 0.4) is 0 Å². The Balaban J connectivity index is 1.56. The van der Waals surface area contributed by atoms with Crippen LogP contribution in [0.25, 0.3) is 39.0 Å². The molecule has 4 nitrogen and oxygen atoms in total. The first-order chi connectivity index (χ1) is 16.8. The van der Waals surface area contributed by atoms with Gasteiger partial charge in [0.05, 0.1) is 12.8 Å². The Morgan fingerprint density at radius 1 is 0.571 bits per heavy atom. The molecule has 0 bridgehead atoms. The molecule has 0 atom stereocenters. The highest BCUT2D eigenvalue weighted by Gasteiger charge is 2.21. The van der Waals surface area contributed by atoms with Gasteiger partial charge in [-0.15, -0.1) is 56.7 Å². The van der Waals surface area contributed by atoms with Crippen LogP contribution in [0.15, 0.2) is 48.5 Å². The molecule has 0 radical (unpaired) electrons. The van der Waals surface area contributed by atoms with E-state index in [9.17, 15) is 28.6 Å². The number of hydrogen-bond donors (Lipinski definition) is 2. The van der Waals surface area contributed by atoms with Crippen molar-refractivity contribution in [2.75, 3.05) is 0 Å². The van der Waals surface area contributed by atoms with Gasteiger partial charge in [-0.3, -0.25) is 9.59 Å². The fourth-order valence-electron chi connectivity index (χ4n) is 3.58. The van der Waals surface area contributed by atoms with Gasteiger partial charge in [0.1, 0.15) is 0 Å². The number of carboxylic acids is 2. The third-order valence-corrected chi connectivity index (χ3v) is 10.9. The first-order valence-corrected chi connectivity index (χ1v) is 14.2. The number of carboxylic acid groups (broad SMARTS) is 2. The van der Waals surface area contributed by atoms with Gasteiger partial charge in [0.2, 0.25) is 0 Å². The van der Waals surface area contributed by atoms with Crippen molar-refractivity contribution in [3.05, 3.63) is 69.9 Å². The predicted molar refractivity (Wildman–Crippen MR) is 140 cm³/mol. The van der Waals surface area contributed by atoms with Crippen molar-refractivity contribution in [1.82, 2.24) is 0 Å². The zero-order chi connectivity index (χ0) is 24.7. The first kappa shape index (κ1) is 24.0. The van der Waals surface area contributed by atoms with Gasteiger partial charge < -0.3 is 10.2 Å². The normalized spacial score (nSPS) is 11.3. The molecule has 5 heterocycles. The topological polar surface area (TPSA) is 74.6 Å². The number of thiophene rings is 5. The molecule has 0 unspecified atom stereocenters. The number of aliphatic carboxylic acids is 2. The van der Waals surface area contributed by atoms with E-state index in [1.807, 2.05) is 12.1 Å². The maximum absolute atomic E-state index is 13.6. The molecule has 35 heavy (non-hydrogen) atoms. The van der Waals surface area contributed by atoms with Gasteiger partial charge in [0.25, 0.3) is 0 Å². The van der Waals surface area contributed by atoms with E-state index in [1.165, 1.54) is 46.1 Å². The second-order valence-corrected chi connectivity index (χ2v) is 12.7. The van der Waals surface area contributed by atoms with Crippen LogP contribution >= 0.6 is 56.7 Å². The van der Waals surface area contributed by atoms with Gasteiger partial charge in [-0.2, -0.15) is 8.78 Å². The Hall–Kier alpha value is -2.70. The maximum atomic E-state index is 13.6. The molecule has 0 aliphatic rings. The highest BCUT2D eigenvalue weighted by Crippen LogP contribution is 2.47. The molecule has 0 spiro atoms. The van der Waals surface area contributed by atoms with Crippen LogP contribution < -0.4 is 0 Å². The molecule has 5 aromatic heterocycles. The number of rotatable bonds is 8. The number of carbonyl (C=O) groups is 2. The SMILES string of the molecule is O=C(O)Cc1cc(-c2ccc(F)s2)sc1-c1ccc(-c2sc(-c3ccc(F)s3)cc2CC(=O)O)s1. The van der Waals surface area contributed by atoms with Crippen LogP contribution in [0, 0.1) is 10.3 Å². The molecule has 178 valence electrons. The smallest absolute Gasteiger partial charge is 0.307 e. The summed E-state index contributed by atoms with van der Waals surface area (Å²) in [5, 5.41) is 18.2. The van der Waals surface area contributed by atoms with Gasteiger partial charge in [0, 0.05) is 39.0 Å². The van der Waals surface area contributed by atoms with E-state index in [0.29, 0.717) is 11.1 Å². The quantitative estimate of drug-likeness (QED) is 0.199. The summed E-state index contributed by atoms with van der Waals surface area (Å²) in [5.41, 5.74) is 1.29. The molecule has 5 aromatic rings. The van der Waals surface area contributed by atoms with Gasteiger partial charge in [0.15, 0.2) is 10.3 Å². The van der Waals surface area contributed by atoms with Crippen LogP contribution in [0.2, 0.25) is 0 Å². The molecule has 0 aliphatic carbocycles. The molecule has 0 fully saturated rings. The van der Waals surface area contributed by atoms with Crippen LogP contribution in [0.5, 0.6) is 0 Å². The van der Waals surface area contributed by atoms with E-state index >= 15 is 0 Å². The lowest BCUT2D eigenvalue weighted by molar-refractivity contribution is -0.137. The monoisotopic (exact) mass is 564 g/mol. The van der Waals surface area contributed by atoms with Crippen molar-refractivity contribution in [2.45, 2.75) is 12.8 Å². The highest BCUT2D eigenvalue weighted by atomic mass is 32.1. The first-order valence-electron chi connectivity index (χ1n) is 10.1. The van der Waals surface area contributed by atoms with Crippen molar-refractivity contribution >= 4 is 68.6 Å². The molecule has 0 aromatic carbocycles. The van der Waals surface area contributed by atoms with Gasteiger partial charge >= 0.3 is 11.9 Å². The molecular weight excluding hydrogens is 551 g/mol. The second kappa shape index (κ2) is 9.75. The van der Waals surface area contributed by atoms with Crippen molar-refractivity contribution in [3.63, 3.8) is 0 Å². The van der Waals surface area contributed by atoms with Crippen LogP contribution in [0.4, 0.5) is 8.78 Å². The molecule has 5 rings (SSSR count).